The van der Waals surface area contributed by atoms with Crippen molar-refractivity contribution in [2.75, 3.05) is 19.6 Å². The first-order valence-electron chi connectivity index (χ1n) is 7.89. The number of sulfonamides is 1. The van der Waals surface area contributed by atoms with Gasteiger partial charge in [-0.15, -0.1) is 0 Å². The van der Waals surface area contributed by atoms with Gasteiger partial charge in [-0.1, -0.05) is 18.2 Å². The van der Waals surface area contributed by atoms with Crippen LogP contribution in [-0.2, 0) is 10.0 Å². The Bertz CT molecular complexity index is 594. The monoisotopic (exact) mass is 308 g/mol. The van der Waals surface area contributed by atoms with Crippen molar-refractivity contribution in [2.24, 2.45) is 5.92 Å². The normalized spacial score (nSPS) is 25.3. The Hall–Kier alpha value is -0.910. The molecule has 0 bridgehead atoms. The second-order valence-corrected chi connectivity index (χ2v) is 8.04. The second kappa shape index (κ2) is 6.07. The van der Waals surface area contributed by atoms with Crippen LogP contribution in [0.5, 0.6) is 0 Å². The number of rotatable bonds is 3. The third-order valence-corrected chi connectivity index (χ3v) is 6.94. The second-order valence-electron chi connectivity index (χ2n) is 6.18. The number of piperidine rings is 1. The molecular formula is C16H24N2O2S. The predicted octanol–water partition coefficient (Wildman–Crippen LogP) is 2.15. The van der Waals surface area contributed by atoms with Crippen molar-refractivity contribution in [3.8, 4) is 0 Å². The molecule has 0 spiro atoms. The van der Waals surface area contributed by atoms with E-state index in [4.69, 9.17) is 0 Å². The highest BCUT2D eigenvalue weighted by Crippen LogP contribution is 2.34. The Morgan fingerprint density at radius 3 is 2.57 bits per heavy atom. The molecule has 21 heavy (non-hydrogen) atoms. The minimum absolute atomic E-state index is 0.191. The molecule has 1 aromatic carbocycles. The van der Waals surface area contributed by atoms with Crippen LogP contribution in [0.3, 0.4) is 0 Å². The van der Waals surface area contributed by atoms with Crippen LogP contribution in [0.2, 0.25) is 0 Å². The number of aryl methyl sites for hydroxylation is 1. The van der Waals surface area contributed by atoms with Gasteiger partial charge in [0.25, 0.3) is 0 Å². The molecule has 1 aromatic rings. The lowest BCUT2D eigenvalue weighted by Crippen LogP contribution is -2.43. The minimum atomic E-state index is -3.35. The van der Waals surface area contributed by atoms with Crippen molar-refractivity contribution in [3.63, 3.8) is 0 Å². The van der Waals surface area contributed by atoms with Gasteiger partial charge in [-0.25, -0.2) is 8.42 Å². The van der Waals surface area contributed by atoms with Crippen molar-refractivity contribution in [2.45, 2.75) is 43.5 Å². The van der Waals surface area contributed by atoms with Crippen LogP contribution >= 0.6 is 0 Å². The standard InChI is InChI=1S/C16H24N2O2S/c1-13-5-2-3-7-16(13)21(19,20)18-12-4-6-15(18)14-8-10-17-11-9-14/h2-3,5,7,14-15,17H,4,6,8-12H2,1H3. The zero-order chi connectivity index (χ0) is 14.9. The number of nitrogens with one attached hydrogen (secondary N) is 1. The molecule has 1 unspecified atom stereocenters. The van der Waals surface area contributed by atoms with Gasteiger partial charge in [0.2, 0.25) is 10.0 Å². The minimum Gasteiger partial charge on any atom is -0.317 e. The fourth-order valence-electron chi connectivity index (χ4n) is 3.74. The lowest BCUT2D eigenvalue weighted by Gasteiger charge is -2.33. The fraction of sp³-hybridized carbons (Fsp3) is 0.625. The summed E-state index contributed by atoms with van der Waals surface area (Å²) in [6.45, 7) is 4.58. The highest BCUT2D eigenvalue weighted by molar-refractivity contribution is 7.89. The molecule has 2 saturated heterocycles. The summed E-state index contributed by atoms with van der Waals surface area (Å²) in [5.41, 5.74) is 0.841. The average Bonchev–Trinajstić information content (AvgIpc) is 2.99. The molecule has 1 atom stereocenters. The van der Waals surface area contributed by atoms with Crippen molar-refractivity contribution in [3.05, 3.63) is 29.8 Å². The molecule has 2 heterocycles. The topological polar surface area (TPSA) is 49.4 Å². The van der Waals surface area contributed by atoms with Gasteiger partial charge < -0.3 is 5.32 Å². The van der Waals surface area contributed by atoms with Crippen LogP contribution in [0.25, 0.3) is 0 Å². The van der Waals surface area contributed by atoms with Gasteiger partial charge in [0, 0.05) is 12.6 Å². The van der Waals surface area contributed by atoms with Crippen molar-refractivity contribution >= 4 is 10.0 Å². The van der Waals surface area contributed by atoms with Crippen LogP contribution < -0.4 is 5.32 Å². The molecule has 0 aromatic heterocycles. The maximum absolute atomic E-state index is 13.0. The molecule has 1 N–H and O–H groups in total. The molecule has 0 aliphatic carbocycles. The molecule has 2 fully saturated rings. The van der Waals surface area contributed by atoms with Gasteiger partial charge in [-0.3, -0.25) is 0 Å². The Morgan fingerprint density at radius 2 is 1.86 bits per heavy atom. The summed E-state index contributed by atoms with van der Waals surface area (Å²) in [4.78, 5) is 0.478. The van der Waals surface area contributed by atoms with Gasteiger partial charge in [-0.2, -0.15) is 4.31 Å². The predicted molar refractivity (Wildman–Crippen MR) is 83.7 cm³/mol. The van der Waals surface area contributed by atoms with E-state index in [1.807, 2.05) is 25.1 Å². The first kappa shape index (κ1) is 15.0. The molecule has 0 saturated carbocycles. The lowest BCUT2D eigenvalue weighted by molar-refractivity contribution is 0.235. The van der Waals surface area contributed by atoms with E-state index in [9.17, 15) is 8.42 Å². The van der Waals surface area contributed by atoms with E-state index in [2.05, 4.69) is 5.32 Å². The van der Waals surface area contributed by atoms with Gasteiger partial charge in [0.15, 0.2) is 0 Å². The van der Waals surface area contributed by atoms with Crippen LogP contribution in [-0.4, -0.2) is 38.4 Å². The van der Waals surface area contributed by atoms with E-state index < -0.39 is 10.0 Å². The molecule has 116 valence electrons. The molecule has 3 rings (SSSR count). The molecular weight excluding hydrogens is 284 g/mol. The van der Waals surface area contributed by atoms with E-state index in [1.54, 1.807) is 10.4 Å². The number of benzene rings is 1. The van der Waals surface area contributed by atoms with Gasteiger partial charge in [0.05, 0.1) is 4.90 Å². The largest absolute Gasteiger partial charge is 0.317 e. The summed E-state index contributed by atoms with van der Waals surface area (Å²) >= 11 is 0. The van der Waals surface area contributed by atoms with Crippen LogP contribution in [0, 0.1) is 12.8 Å². The summed E-state index contributed by atoms with van der Waals surface area (Å²) in [7, 11) is -3.35. The van der Waals surface area contributed by atoms with Crippen molar-refractivity contribution in [1.82, 2.24) is 9.62 Å². The number of hydrogen-bond acceptors (Lipinski definition) is 3. The maximum Gasteiger partial charge on any atom is 0.243 e. The van der Waals surface area contributed by atoms with E-state index in [0.717, 1.165) is 44.3 Å². The van der Waals surface area contributed by atoms with Crippen LogP contribution in [0.4, 0.5) is 0 Å². The highest BCUT2D eigenvalue weighted by atomic mass is 32.2. The first-order chi connectivity index (χ1) is 10.1. The molecule has 2 aliphatic heterocycles. The molecule has 4 nitrogen and oxygen atoms in total. The smallest absolute Gasteiger partial charge is 0.243 e. The highest BCUT2D eigenvalue weighted by Gasteiger charge is 2.40. The fourth-order valence-corrected chi connectivity index (χ4v) is 5.72. The zero-order valence-corrected chi connectivity index (χ0v) is 13.4. The first-order valence-corrected chi connectivity index (χ1v) is 9.33. The third kappa shape index (κ3) is 2.87. The van der Waals surface area contributed by atoms with Gasteiger partial charge >= 0.3 is 0 Å². The van der Waals surface area contributed by atoms with E-state index in [0.29, 0.717) is 17.4 Å². The summed E-state index contributed by atoms with van der Waals surface area (Å²) < 4.78 is 27.8. The summed E-state index contributed by atoms with van der Waals surface area (Å²) in [5.74, 6) is 0.507. The summed E-state index contributed by atoms with van der Waals surface area (Å²) in [6.07, 6.45) is 4.17. The summed E-state index contributed by atoms with van der Waals surface area (Å²) in [6, 6.07) is 7.51. The van der Waals surface area contributed by atoms with Crippen molar-refractivity contribution in [1.29, 1.82) is 0 Å². The Balaban J connectivity index is 1.89. The zero-order valence-electron chi connectivity index (χ0n) is 12.6. The van der Waals surface area contributed by atoms with Gasteiger partial charge in [-0.05, 0) is 63.2 Å². The lowest BCUT2D eigenvalue weighted by atomic mass is 9.89. The Kier molecular flexibility index (Phi) is 4.33. The molecule has 0 radical (unpaired) electrons. The van der Waals surface area contributed by atoms with Crippen LogP contribution in [0.15, 0.2) is 29.2 Å². The Morgan fingerprint density at radius 1 is 1.14 bits per heavy atom. The van der Waals surface area contributed by atoms with E-state index >= 15 is 0 Å². The quantitative estimate of drug-likeness (QED) is 0.931. The maximum atomic E-state index is 13.0. The molecule has 5 heteroatoms. The Labute approximate surface area is 127 Å². The van der Waals surface area contributed by atoms with Crippen LogP contribution in [0.1, 0.15) is 31.2 Å². The number of nitrogens with zero attached hydrogens (tertiary/aromatic N) is 1. The van der Waals surface area contributed by atoms with Gasteiger partial charge in [0.1, 0.15) is 0 Å². The molecule has 0 amide bonds. The number of hydrogen-bond donors (Lipinski definition) is 1. The molecule has 2 aliphatic rings. The van der Waals surface area contributed by atoms with Crippen molar-refractivity contribution < 1.29 is 8.42 Å². The summed E-state index contributed by atoms with van der Waals surface area (Å²) in [5, 5.41) is 3.36. The average molecular weight is 308 g/mol. The van der Waals surface area contributed by atoms with E-state index in [1.165, 1.54) is 0 Å². The SMILES string of the molecule is Cc1ccccc1S(=O)(=O)N1CCCC1C1CCNCC1. The third-order valence-electron chi connectivity index (χ3n) is 4.86. The van der Waals surface area contributed by atoms with E-state index in [-0.39, 0.29) is 6.04 Å².